The molecule has 13 heteroatoms. The monoisotopic (exact) mass is 462 g/mol. The van der Waals surface area contributed by atoms with Crippen LogP contribution in [-0.2, 0) is 21.5 Å². The predicted molar refractivity (Wildman–Crippen MR) is 108 cm³/mol. The van der Waals surface area contributed by atoms with Gasteiger partial charge in [-0.25, -0.2) is 0 Å². The minimum Gasteiger partial charge on any atom is -0.417 e. The Morgan fingerprint density at radius 2 is 1.90 bits per heavy atom. The summed E-state index contributed by atoms with van der Waals surface area (Å²) >= 11 is 0.856. The zero-order chi connectivity index (χ0) is 22.1. The van der Waals surface area contributed by atoms with Crippen molar-refractivity contribution < 1.29 is 43.0 Å². The van der Waals surface area contributed by atoms with Gasteiger partial charge in [-0.15, -0.1) is 16.2 Å². The van der Waals surface area contributed by atoms with E-state index >= 15 is 0 Å². The summed E-state index contributed by atoms with van der Waals surface area (Å²) in [6.07, 6.45) is -5.99. The molecule has 1 aromatic heterocycles. The molecule has 0 radical (unpaired) electrons. The smallest absolute Gasteiger partial charge is 0.379 e. The van der Waals surface area contributed by atoms with Gasteiger partial charge in [0, 0.05) is 23.8 Å². The molecule has 11 nitrogen and oxygen atoms in total. The number of fused-ring (bicyclic) bond motifs is 1. The number of nitrogens with zero attached hydrogens (tertiary/aromatic N) is 2. The van der Waals surface area contributed by atoms with Gasteiger partial charge in [-0.1, -0.05) is 18.2 Å². The van der Waals surface area contributed by atoms with Crippen LogP contribution in [0, 0.1) is 0 Å². The van der Waals surface area contributed by atoms with Crippen LogP contribution in [0.4, 0.5) is 0 Å². The summed E-state index contributed by atoms with van der Waals surface area (Å²) in [7, 11) is -3.23. The zero-order valence-corrected chi connectivity index (χ0v) is 17.4. The van der Waals surface area contributed by atoms with E-state index in [0.29, 0.717) is 5.56 Å². The fraction of sp³-hybridized carbons (Fsp3) is 0.471. The number of hydrogen-bond acceptors (Lipinski definition) is 9. The van der Waals surface area contributed by atoms with Crippen molar-refractivity contribution in [2.45, 2.75) is 37.1 Å². The molecule has 1 aliphatic heterocycles. The van der Waals surface area contributed by atoms with Crippen molar-refractivity contribution in [2.75, 3.05) is 12.9 Å². The van der Waals surface area contributed by atoms with Gasteiger partial charge in [0.15, 0.2) is 6.29 Å². The third kappa shape index (κ3) is 5.12. The van der Waals surface area contributed by atoms with E-state index in [1.54, 1.807) is 12.3 Å². The maximum atomic E-state index is 11.4. The fourth-order valence-electron chi connectivity index (χ4n) is 3.16. The van der Waals surface area contributed by atoms with E-state index in [1.807, 2.05) is 18.2 Å². The molecule has 0 saturated carbocycles. The molecule has 30 heavy (non-hydrogen) atoms. The number of hydrogen-bond donors (Lipinski definition) is 5. The first-order chi connectivity index (χ1) is 14.1. The SMILES string of the molecule is COn1cc(CC(=NS(=O)(=O)O)SCC2OC(O)C(O)C(O)C2O)c2ccccc21. The molecular formula is C17H22N2O9S2. The number of aliphatic hydroxyl groups is 4. The highest BCUT2D eigenvalue weighted by molar-refractivity contribution is 8.14. The van der Waals surface area contributed by atoms with Gasteiger partial charge in [0.05, 0.1) is 16.7 Å². The van der Waals surface area contributed by atoms with Crippen molar-refractivity contribution >= 4 is 38.0 Å². The number of thioether (sulfide) groups is 1. The van der Waals surface area contributed by atoms with E-state index in [2.05, 4.69) is 4.40 Å². The van der Waals surface area contributed by atoms with Crippen molar-refractivity contribution in [3.63, 3.8) is 0 Å². The van der Waals surface area contributed by atoms with E-state index in [9.17, 15) is 33.4 Å². The molecule has 5 atom stereocenters. The summed E-state index contributed by atoms with van der Waals surface area (Å²) < 4.78 is 41.8. The van der Waals surface area contributed by atoms with Gasteiger partial charge in [-0.05, 0) is 11.6 Å². The zero-order valence-electron chi connectivity index (χ0n) is 15.8. The van der Waals surface area contributed by atoms with Crippen molar-refractivity contribution in [1.29, 1.82) is 0 Å². The topological polar surface area (TPSA) is 171 Å². The number of ether oxygens (including phenoxy) is 1. The Balaban J connectivity index is 1.83. The molecule has 0 amide bonds. The van der Waals surface area contributed by atoms with Gasteiger partial charge < -0.3 is 30.0 Å². The van der Waals surface area contributed by atoms with Gasteiger partial charge in [-0.2, -0.15) is 13.1 Å². The third-order valence-electron chi connectivity index (χ3n) is 4.62. The van der Waals surface area contributed by atoms with Crippen LogP contribution in [0.25, 0.3) is 10.9 Å². The Labute approximate surface area is 176 Å². The maximum absolute atomic E-state index is 11.4. The number of aliphatic hydroxyl groups excluding tert-OH is 4. The average Bonchev–Trinajstić information content (AvgIpc) is 3.04. The van der Waals surface area contributed by atoms with E-state index in [4.69, 9.17) is 9.57 Å². The molecule has 2 aromatic rings. The Bertz CT molecular complexity index is 1020. The molecule has 1 aromatic carbocycles. The third-order valence-corrected chi connectivity index (χ3v) is 6.25. The van der Waals surface area contributed by atoms with E-state index in [0.717, 1.165) is 22.7 Å². The predicted octanol–water partition coefficient (Wildman–Crippen LogP) is -1.02. The summed E-state index contributed by atoms with van der Waals surface area (Å²) in [6, 6.07) is 7.25. The first-order valence-electron chi connectivity index (χ1n) is 8.81. The Hall–Kier alpha value is -1.71. The van der Waals surface area contributed by atoms with Crippen LogP contribution >= 0.6 is 11.8 Å². The summed E-state index contributed by atoms with van der Waals surface area (Å²) in [4.78, 5) is 5.26. The quantitative estimate of drug-likeness (QED) is 0.203. The molecular weight excluding hydrogens is 440 g/mol. The summed E-state index contributed by atoms with van der Waals surface area (Å²) in [5, 5.41) is 39.8. The molecule has 1 fully saturated rings. The summed E-state index contributed by atoms with van der Waals surface area (Å²) in [6.45, 7) is 0. The van der Waals surface area contributed by atoms with Crippen LogP contribution < -0.4 is 4.84 Å². The number of rotatable bonds is 6. The summed E-state index contributed by atoms with van der Waals surface area (Å²) in [5.74, 6) is -0.112. The van der Waals surface area contributed by atoms with Gasteiger partial charge in [0.1, 0.15) is 25.4 Å². The molecule has 1 aliphatic rings. The number of aromatic nitrogens is 1. The molecule has 5 N–H and O–H groups in total. The summed E-state index contributed by atoms with van der Waals surface area (Å²) in [5.41, 5.74) is 1.42. The lowest BCUT2D eigenvalue weighted by molar-refractivity contribution is -0.276. The molecule has 0 aliphatic carbocycles. The molecule has 3 rings (SSSR count). The minimum atomic E-state index is -4.71. The number of para-hydroxylation sites is 1. The van der Waals surface area contributed by atoms with Crippen LogP contribution in [-0.4, -0.2) is 86.7 Å². The van der Waals surface area contributed by atoms with Crippen molar-refractivity contribution in [3.05, 3.63) is 36.0 Å². The van der Waals surface area contributed by atoms with Crippen LogP contribution in [0.3, 0.4) is 0 Å². The van der Waals surface area contributed by atoms with Crippen molar-refractivity contribution in [3.8, 4) is 0 Å². The highest BCUT2D eigenvalue weighted by atomic mass is 32.2. The number of benzene rings is 1. The van der Waals surface area contributed by atoms with Crippen LogP contribution in [0.5, 0.6) is 0 Å². The molecule has 1 saturated heterocycles. The first-order valence-corrected chi connectivity index (χ1v) is 11.2. The van der Waals surface area contributed by atoms with Gasteiger partial charge in [0.2, 0.25) is 0 Å². The lowest BCUT2D eigenvalue weighted by atomic mass is 10.0. The Kier molecular flexibility index (Phi) is 7.04. The highest BCUT2D eigenvalue weighted by Crippen LogP contribution is 2.26. The highest BCUT2D eigenvalue weighted by Gasteiger charge is 2.42. The van der Waals surface area contributed by atoms with Crippen molar-refractivity contribution in [2.24, 2.45) is 4.40 Å². The molecule has 0 bridgehead atoms. The lowest BCUT2D eigenvalue weighted by Crippen LogP contribution is -2.58. The molecule has 5 unspecified atom stereocenters. The van der Waals surface area contributed by atoms with E-state index in [1.165, 1.54) is 11.8 Å². The second kappa shape index (κ2) is 9.20. The second-order valence-corrected chi connectivity index (χ2v) is 8.81. The standard InChI is InChI=1S/C17H22N2O9S2/c1-27-19-7-9(10-4-2-3-5-11(10)19)6-13(18-30(24,25)26)29-8-12-14(20)15(21)16(22)17(23)28-12/h2-5,7,12,14-17,20-23H,6,8H2,1H3,(H,24,25,26). The molecule has 166 valence electrons. The molecule has 2 heterocycles. The van der Waals surface area contributed by atoms with Crippen LogP contribution in [0.2, 0.25) is 0 Å². The fourth-order valence-corrected chi connectivity index (χ4v) is 4.86. The normalized spacial score (nSPS) is 28.1. The van der Waals surface area contributed by atoms with E-state index in [-0.39, 0.29) is 17.2 Å². The van der Waals surface area contributed by atoms with Gasteiger partial charge in [-0.3, -0.25) is 4.55 Å². The maximum Gasteiger partial charge on any atom is 0.379 e. The van der Waals surface area contributed by atoms with Crippen molar-refractivity contribution in [1.82, 2.24) is 4.73 Å². The van der Waals surface area contributed by atoms with Crippen LogP contribution in [0.15, 0.2) is 34.9 Å². The van der Waals surface area contributed by atoms with E-state index < -0.39 is 41.0 Å². The average molecular weight is 463 g/mol. The first kappa shape index (κ1) is 23.0. The lowest BCUT2D eigenvalue weighted by Gasteiger charge is -2.38. The van der Waals surface area contributed by atoms with Gasteiger partial charge >= 0.3 is 10.3 Å². The largest absolute Gasteiger partial charge is 0.417 e. The second-order valence-electron chi connectivity index (χ2n) is 6.64. The minimum absolute atomic E-state index is 0.0117. The molecule has 0 spiro atoms. The Morgan fingerprint density at radius 1 is 1.20 bits per heavy atom. The van der Waals surface area contributed by atoms with Crippen LogP contribution in [0.1, 0.15) is 5.56 Å². The van der Waals surface area contributed by atoms with Gasteiger partial charge in [0.25, 0.3) is 0 Å². The Morgan fingerprint density at radius 3 is 2.57 bits per heavy atom.